The van der Waals surface area contributed by atoms with E-state index in [-0.39, 0.29) is 6.61 Å². The van der Waals surface area contributed by atoms with Crippen LogP contribution in [-0.4, -0.2) is 11.6 Å². The fourth-order valence-corrected chi connectivity index (χ4v) is 1.75. The lowest BCUT2D eigenvalue weighted by atomic mass is 10.2. The maximum Gasteiger partial charge on any atom is 0.174 e. The summed E-state index contributed by atoms with van der Waals surface area (Å²) in [5.74, 6) is 0.689. The van der Waals surface area contributed by atoms with E-state index < -0.39 is 0 Å². The lowest BCUT2D eigenvalue weighted by Gasteiger charge is -2.08. The molecule has 0 fully saturated rings. The highest BCUT2D eigenvalue weighted by Gasteiger charge is 1.98. The molecule has 0 radical (unpaired) electrons. The monoisotopic (exact) mass is 273 g/mol. The third-order valence-electron chi connectivity index (χ3n) is 2.43. The van der Waals surface area contributed by atoms with Crippen molar-refractivity contribution in [1.82, 2.24) is 4.98 Å². The van der Waals surface area contributed by atoms with Crippen LogP contribution in [-0.2, 0) is 6.54 Å². The minimum absolute atomic E-state index is 0.0524. The van der Waals surface area contributed by atoms with E-state index in [4.69, 9.17) is 21.6 Å². The lowest BCUT2D eigenvalue weighted by molar-refractivity contribution is 0.368. The summed E-state index contributed by atoms with van der Waals surface area (Å²) in [6.45, 7) is 0.695. The first-order valence-corrected chi connectivity index (χ1v) is 6.10. The number of nitrogens with zero attached hydrogens (tertiary/aromatic N) is 2. The molecule has 0 aliphatic heterocycles. The number of hydrogen-bond acceptors (Lipinski definition) is 4. The van der Waals surface area contributed by atoms with Crippen LogP contribution in [0.15, 0.2) is 42.6 Å². The minimum atomic E-state index is 0.0524. The molecule has 19 heavy (non-hydrogen) atoms. The summed E-state index contributed by atoms with van der Waals surface area (Å²) >= 11 is 5.81. The van der Waals surface area contributed by atoms with Gasteiger partial charge in [-0.1, -0.05) is 23.7 Å². The fourth-order valence-electron chi connectivity index (χ4n) is 1.58. The van der Waals surface area contributed by atoms with Crippen LogP contribution in [0.2, 0.25) is 5.15 Å². The van der Waals surface area contributed by atoms with Gasteiger partial charge in [-0.15, -0.1) is 0 Å². The van der Waals surface area contributed by atoms with Gasteiger partial charge in [0, 0.05) is 18.4 Å². The Hall–Kier alpha value is -2.25. The normalized spacial score (nSPS) is 9.68. The number of benzene rings is 1. The summed E-state index contributed by atoms with van der Waals surface area (Å²) in [5.41, 5.74) is 1.96. The van der Waals surface area contributed by atoms with E-state index in [1.54, 1.807) is 12.3 Å². The number of nitrogens with one attached hydrogen (secondary N) is 1. The van der Waals surface area contributed by atoms with Gasteiger partial charge in [0.25, 0.3) is 0 Å². The predicted octanol–water partition coefficient (Wildman–Crippen LogP) is 3.25. The second-order valence-electron chi connectivity index (χ2n) is 3.81. The molecular formula is C14H12ClN3O. The van der Waals surface area contributed by atoms with E-state index in [1.807, 2.05) is 36.4 Å². The molecule has 0 amide bonds. The summed E-state index contributed by atoms with van der Waals surface area (Å²) < 4.78 is 5.25. The Morgan fingerprint density at radius 2 is 2.21 bits per heavy atom. The van der Waals surface area contributed by atoms with E-state index in [0.29, 0.717) is 17.4 Å². The maximum atomic E-state index is 8.47. The van der Waals surface area contributed by atoms with Gasteiger partial charge in [0.05, 0.1) is 0 Å². The number of nitriles is 1. The molecule has 1 heterocycles. The first-order valence-electron chi connectivity index (χ1n) is 5.72. The molecule has 0 saturated carbocycles. The van der Waals surface area contributed by atoms with Gasteiger partial charge in [-0.05, 0) is 29.8 Å². The van der Waals surface area contributed by atoms with E-state index in [9.17, 15) is 0 Å². The Balaban J connectivity index is 1.98. The lowest BCUT2D eigenvalue weighted by Crippen LogP contribution is -2.00. The highest BCUT2D eigenvalue weighted by Crippen LogP contribution is 2.16. The average Bonchev–Trinajstić information content (AvgIpc) is 2.43. The predicted molar refractivity (Wildman–Crippen MR) is 74.1 cm³/mol. The van der Waals surface area contributed by atoms with E-state index in [0.717, 1.165) is 11.3 Å². The standard InChI is InChI=1S/C14H12ClN3O/c15-14-9-12(4-6-17-14)18-10-11-2-1-3-13(8-11)19-7-5-16/h1-4,6,8-9H,7,10H2,(H,17,18). The molecule has 0 unspecified atom stereocenters. The van der Waals surface area contributed by atoms with Crippen molar-refractivity contribution in [3.8, 4) is 11.8 Å². The quantitative estimate of drug-likeness (QED) is 0.850. The summed E-state index contributed by atoms with van der Waals surface area (Å²) in [4.78, 5) is 3.92. The van der Waals surface area contributed by atoms with Crippen molar-refractivity contribution in [3.63, 3.8) is 0 Å². The van der Waals surface area contributed by atoms with Crippen molar-refractivity contribution in [3.05, 3.63) is 53.3 Å². The molecule has 0 aliphatic rings. The Morgan fingerprint density at radius 1 is 1.32 bits per heavy atom. The van der Waals surface area contributed by atoms with Crippen LogP contribution in [0.25, 0.3) is 0 Å². The molecular weight excluding hydrogens is 262 g/mol. The molecule has 2 aromatic rings. The summed E-state index contributed by atoms with van der Waals surface area (Å²) in [7, 11) is 0. The van der Waals surface area contributed by atoms with Crippen molar-refractivity contribution < 1.29 is 4.74 Å². The van der Waals surface area contributed by atoms with Gasteiger partial charge in [0.2, 0.25) is 0 Å². The number of rotatable bonds is 5. The molecule has 2 rings (SSSR count). The Bertz CT molecular complexity index is 595. The second-order valence-corrected chi connectivity index (χ2v) is 4.20. The first kappa shape index (κ1) is 13.2. The number of halogens is 1. The second kappa shape index (κ2) is 6.62. The van der Waals surface area contributed by atoms with Crippen LogP contribution in [0.3, 0.4) is 0 Å². The van der Waals surface area contributed by atoms with Crippen molar-refractivity contribution in [1.29, 1.82) is 5.26 Å². The van der Waals surface area contributed by atoms with Crippen LogP contribution >= 0.6 is 11.6 Å². The zero-order valence-electron chi connectivity index (χ0n) is 10.1. The van der Waals surface area contributed by atoms with Crippen molar-refractivity contribution in [2.75, 3.05) is 11.9 Å². The van der Waals surface area contributed by atoms with Crippen molar-refractivity contribution in [2.24, 2.45) is 0 Å². The molecule has 1 aromatic carbocycles. The summed E-state index contributed by atoms with van der Waals surface area (Å²) in [5, 5.41) is 12.2. The van der Waals surface area contributed by atoms with Gasteiger partial charge in [-0.25, -0.2) is 4.98 Å². The Kier molecular flexibility index (Phi) is 4.60. The van der Waals surface area contributed by atoms with Crippen molar-refractivity contribution >= 4 is 17.3 Å². The van der Waals surface area contributed by atoms with Gasteiger partial charge >= 0.3 is 0 Å². The molecule has 0 bridgehead atoms. The number of pyridine rings is 1. The minimum Gasteiger partial charge on any atom is -0.479 e. The number of aromatic nitrogens is 1. The van der Waals surface area contributed by atoms with Crippen molar-refractivity contribution in [2.45, 2.75) is 6.54 Å². The third kappa shape index (κ3) is 4.16. The van der Waals surface area contributed by atoms with Crippen LogP contribution < -0.4 is 10.1 Å². The summed E-state index contributed by atoms with van der Waals surface area (Å²) in [6, 6.07) is 13.1. The first-order chi connectivity index (χ1) is 9.28. The topological polar surface area (TPSA) is 57.9 Å². The highest BCUT2D eigenvalue weighted by molar-refractivity contribution is 6.29. The largest absolute Gasteiger partial charge is 0.479 e. The van der Waals surface area contributed by atoms with Crippen LogP contribution in [0.5, 0.6) is 5.75 Å². The zero-order chi connectivity index (χ0) is 13.5. The van der Waals surface area contributed by atoms with Gasteiger partial charge in [0.1, 0.15) is 17.0 Å². The SMILES string of the molecule is N#CCOc1cccc(CNc2ccnc(Cl)c2)c1. The molecule has 96 valence electrons. The molecule has 1 N–H and O–H groups in total. The molecule has 0 spiro atoms. The maximum absolute atomic E-state index is 8.47. The molecule has 0 aliphatic carbocycles. The molecule has 1 aromatic heterocycles. The third-order valence-corrected chi connectivity index (χ3v) is 2.63. The highest BCUT2D eigenvalue weighted by atomic mass is 35.5. The average molecular weight is 274 g/mol. The number of ether oxygens (including phenoxy) is 1. The van der Waals surface area contributed by atoms with Gasteiger partial charge < -0.3 is 10.1 Å². The van der Waals surface area contributed by atoms with Crippen LogP contribution in [0, 0.1) is 11.3 Å². The van der Waals surface area contributed by atoms with Gasteiger partial charge in [-0.3, -0.25) is 0 Å². The Labute approximate surface area is 116 Å². The van der Waals surface area contributed by atoms with E-state index >= 15 is 0 Å². The zero-order valence-corrected chi connectivity index (χ0v) is 10.9. The van der Waals surface area contributed by atoms with E-state index in [2.05, 4.69) is 10.3 Å². The van der Waals surface area contributed by atoms with Gasteiger partial charge in [-0.2, -0.15) is 5.26 Å². The fraction of sp³-hybridized carbons (Fsp3) is 0.143. The van der Waals surface area contributed by atoms with Gasteiger partial charge in [0.15, 0.2) is 6.61 Å². The van der Waals surface area contributed by atoms with Crippen LogP contribution in [0.4, 0.5) is 5.69 Å². The molecule has 0 atom stereocenters. The molecule has 0 saturated heterocycles. The number of hydrogen-bond donors (Lipinski definition) is 1. The smallest absolute Gasteiger partial charge is 0.174 e. The number of anilines is 1. The van der Waals surface area contributed by atoms with Crippen LogP contribution in [0.1, 0.15) is 5.56 Å². The van der Waals surface area contributed by atoms with E-state index in [1.165, 1.54) is 0 Å². The summed E-state index contributed by atoms with van der Waals surface area (Å²) in [6.07, 6.45) is 1.65. The molecule has 4 nitrogen and oxygen atoms in total. The Morgan fingerprint density at radius 3 is 3.00 bits per heavy atom. The molecule has 5 heteroatoms.